The van der Waals surface area contributed by atoms with Gasteiger partial charge in [0, 0.05) is 13.2 Å². The van der Waals surface area contributed by atoms with Gasteiger partial charge in [0.15, 0.2) is 0 Å². The van der Waals surface area contributed by atoms with E-state index in [2.05, 4.69) is 24.5 Å². The molecular formula is C15H28N2O4. The minimum atomic E-state index is -0.866. The molecule has 1 saturated carbocycles. The fourth-order valence-electron chi connectivity index (χ4n) is 2.63. The number of carboxylic acids is 1. The van der Waals surface area contributed by atoms with E-state index in [0.717, 1.165) is 32.1 Å². The summed E-state index contributed by atoms with van der Waals surface area (Å²) in [6.45, 7) is 5.89. The van der Waals surface area contributed by atoms with Gasteiger partial charge >= 0.3 is 12.0 Å². The van der Waals surface area contributed by atoms with Crippen molar-refractivity contribution in [1.29, 1.82) is 0 Å². The van der Waals surface area contributed by atoms with E-state index in [9.17, 15) is 9.59 Å². The van der Waals surface area contributed by atoms with Gasteiger partial charge in [0.2, 0.25) is 0 Å². The van der Waals surface area contributed by atoms with Crippen molar-refractivity contribution in [2.24, 2.45) is 5.92 Å². The number of ether oxygens (including phenoxy) is 1. The fraction of sp³-hybridized carbons (Fsp3) is 0.867. The molecule has 0 aromatic rings. The van der Waals surface area contributed by atoms with E-state index < -0.39 is 11.5 Å². The maximum Gasteiger partial charge on any atom is 0.315 e. The molecule has 0 unspecified atom stereocenters. The maximum absolute atomic E-state index is 11.9. The molecule has 0 saturated heterocycles. The highest BCUT2D eigenvalue weighted by Crippen LogP contribution is 2.32. The fourth-order valence-corrected chi connectivity index (χ4v) is 2.63. The first kappa shape index (κ1) is 17.8. The molecule has 0 heterocycles. The van der Waals surface area contributed by atoms with Crippen molar-refractivity contribution in [2.45, 2.75) is 57.9 Å². The normalized spacial score (nSPS) is 16.9. The third-order valence-electron chi connectivity index (χ3n) is 3.80. The number of carboxylic acid groups (broad SMARTS) is 1. The third kappa shape index (κ3) is 7.32. The van der Waals surface area contributed by atoms with Gasteiger partial charge in [-0.15, -0.1) is 0 Å². The van der Waals surface area contributed by atoms with Crippen LogP contribution in [0.5, 0.6) is 0 Å². The van der Waals surface area contributed by atoms with E-state index in [1.807, 2.05) is 0 Å². The van der Waals surface area contributed by atoms with Crippen LogP contribution in [-0.2, 0) is 9.53 Å². The Labute approximate surface area is 126 Å². The minimum Gasteiger partial charge on any atom is -0.481 e. The summed E-state index contributed by atoms with van der Waals surface area (Å²) in [7, 11) is 0. The molecule has 0 atom stereocenters. The molecule has 1 aliphatic rings. The summed E-state index contributed by atoms with van der Waals surface area (Å²) in [5.74, 6) is -0.256. The minimum absolute atomic E-state index is 0.00862. The van der Waals surface area contributed by atoms with Gasteiger partial charge in [-0.3, -0.25) is 4.79 Å². The standard InChI is InChI=1S/C15H28N2O4/c1-12(2)5-9-21-10-8-16-14(20)17-15(11-13(18)19)6-3-4-7-15/h12H,3-11H2,1-2H3,(H,18,19)(H2,16,17,20). The Balaban J connectivity index is 2.21. The molecule has 0 bridgehead atoms. The summed E-state index contributed by atoms with van der Waals surface area (Å²) in [6, 6.07) is -0.300. The number of carbonyl (C=O) groups excluding carboxylic acids is 1. The molecule has 1 aliphatic carbocycles. The predicted molar refractivity (Wildman–Crippen MR) is 80.3 cm³/mol. The van der Waals surface area contributed by atoms with Crippen LogP contribution in [0.15, 0.2) is 0 Å². The van der Waals surface area contributed by atoms with Crippen molar-refractivity contribution in [3.8, 4) is 0 Å². The lowest BCUT2D eigenvalue weighted by Crippen LogP contribution is -2.52. The van der Waals surface area contributed by atoms with Gasteiger partial charge in [-0.1, -0.05) is 26.7 Å². The molecule has 1 rings (SSSR count). The monoisotopic (exact) mass is 300 g/mol. The highest BCUT2D eigenvalue weighted by Gasteiger charge is 2.37. The number of urea groups is 1. The van der Waals surface area contributed by atoms with E-state index in [4.69, 9.17) is 9.84 Å². The first-order valence-electron chi connectivity index (χ1n) is 7.79. The lowest BCUT2D eigenvalue weighted by Gasteiger charge is -2.28. The van der Waals surface area contributed by atoms with E-state index in [0.29, 0.717) is 25.7 Å². The van der Waals surface area contributed by atoms with Crippen LogP contribution in [0.25, 0.3) is 0 Å². The quantitative estimate of drug-likeness (QED) is 0.569. The topological polar surface area (TPSA) is 87.7 Å². The summed E-state index contributed by atoms with van der Waals surface area (Å²) in [6.07, 6.45) is 4.40. The highest BCUT2D eigenvalue weighted by atomic mass is 16.5. The van der Waals surface area contributed by atoms with Crippen molar-refractivity contribution < 1.29 is 19.4 Å². The zero-order valence-corrected chi connectivity index (χ0v) is 13.1. The van der Waals surface area contributed by atoms with Gasteiger partial charge in [0.05, 0.1) is 18.6 Å². The lowest BCUT2D eigenvalue weighted by molar-refractivity contribution is -0.138. The Morgan fingerprint density at radius 1 is 1.24 bits per heavy atom. The van der Waals surface area contributed by atoms with Crippen molar-refractivity contribution in [1.82, 2.24) is 10.6 Å². The Morgan fingerprint density at radius 2 is 1.90 bits per heavy atom. The highest BCUT2D eigenvalue weighted by molar-refractivity contribution is 5.76. The lowest BCUT2D eigenvalue weighted by atomic mass is 9.93. The molecule has 0 aromatic carbocycles. The van der Waals surface area contributed by atoms with Crippen LogP contribution < -0.4 is 10.6 Å². The van der Waals surface area contributed by atoms with Crippen LogP contribution in [0.3, 0.4) is 0 Å². The second kappa shape index (κ2) is 8.87. The average Bonchev–Trinajstić information content (AvgIpc) is 2.80. The summed E-state index contributed by atoms with van der Waals surface area (Å²) in [5.41, 5.74) is -0.575. The smallest absolute Gasteiger partial charge is 0.315 e. The van der Waals surface area contributed by atoms with Crippen LogP contribution in [0.1, 0.15) is 52.4 Å². The van der Waals surface area contributed by atoms with Crippen LogP contribution in [0, 0.1) is 5.92 Å². The molecule has 122 valence electrons. The van der Waals surface area contributed by atoms with Crippen LogP contribution in [-0.4, -0.2) is 42.4 Å². The van der Waals surface area contributed by atoms with E-state index >= 15 is 0 Å². The first-order valence-corrected chi connectivity index (χ1v) is 7.79. The van der Waals surface area contributed by atoms with Gasteiger partial charge in [-0.05, 0) is 25.2 Å². The maximum atomic E-state index is 11.9. The zero-order chi connectivity index (χ0) is 15.7. The van der Waals surface area contributed by atoms with Crippen LogP contribution >= 0.6 is 0 Å². The molecule has 1 fully saturated rings. The Bertz CT molecular complexity index is 339. The van der Waals surface area contributed by atoms with Gasteiger partial charge in [0.1, 0.15) is 0 Å². The zero-order valence-electron chi connectivity index (χ0n) is 13.1. The Kier molecular flexibility index (Phi) is 7.50. The molecule has 21 heavy (non-hydrogen) atoms. The van der Waals surface area contributed by atoms with Crippen molar-refractivity contribution in [3.05, 3.63) is 0 Å². The molecule has 6 nitrogen and oxygen atoms in total. The number of amides is 2. The number of hydrogen-bond donors (Lipinski definition) is 3. The van der Waals surface area contributed by atoms with Crippen molar-refractivity contribution in [3.63, 3.8) is 0 Å². The van der Waals surface area contributed by atoms with E-state index in [1.165, 1.54) is 0 Å². The van der Waals surface area contributed by atoms with E-state index in [-0.39, 0.29) is 12.5 Å². The Morgan fingerprint density at radius 3 is 2.48 bits per heavy atom. The molecule has 0 spiro atoms. The van der Waals surface area contributed by atoms with Gasteiger partial charge < -0.3 is 20.5 Å². The Hall–Kier alpha value is -1.30. The first-order chi connectivity index (χ1) is 9.93. The summed E-state index contributed by atoms with van der Waals surface area (Å²) < 4.78 is 5.42. The predicted octanol–water partition coefficient (Wildman–Crippen LogP) is 2.14. The van der Waals surface area contributed by atoms with Gasteiger partial charge in [-0.25, -0.2) is 4.79 Å². The van der Waals surface area contributed by atoms with E-state index in [1.54, 1.807) is 0 Å². The van der Waals surface area contributed by atoms with Crippen molar-refractivity contribution in [2.75, 3.05) is 19.8 Å². The second-order valence-corrected chi connectivity index (χ2v) is 6.23. The molecule has 0 aliphatic heterocycles. The van der Waals surface area contributed by atoms with Gasteiger partial charge in [-0.2, -0.15) is 0 Å². The number of carbonyl (C=O) groups is 2. The molecule has 6 heteroatoms. The molecule has 0 aromatic heterocycles. The average molecular weight is 300 g/mol. The van der Waals surface area contributed by atoms with Crippen LogP contribution in [0.2, 0.25) is 0 Å². The number of nitrogens with one attached hydrogen (secondary N) is 2. The molecule has 0 radical (unpaired) electrons. The second-order valence-electron chi connectivity index (χ2n) is 6.23. The molecule has 3 N–H and O–H groups in total. The summed E-state index contributed by atoms with van der Waals surface area (Å²) in [4.78, 5) is 22.8. The molecular weight excluding hydrogens is 272 g/mol. The van der Waals surface area contributed by atoms with Gasteiger partial charge in [0.25, 0.3) is 0 Å². The molecule has 2 amide bonds. The largest absolute Gasteiger partial charge is 0.481 e. The number of rotatable bonds is 9. The third-order valence-corrected chi connectivity index (χ3v) is 3.80. The number of aliphatic carboxylic acids is 1. The number of hydrogen-bond acceptors (Lipinski definition) is 3. The summed E-state index contributed by atoms with van der Waals surface area (Å²) in [5, 5.41) is 14.6. The SMILES string of the molecule is CC(C)CCOCCNC(=O)NC1(CC(=O)O)CCCC1. The van der Waals surface area contributed by atoms with Crippen LogP contribution in [0.4, 0.5) is 4.79 Å². The van der Waals surface area contributed by atoms with Crippen molar-refractivity contribution >= 4 is 12.0 Å². The summed E-state index contributed by atoms with van der Waals surface area (Å²) >= 11 is 0.